The highest BCUT2D eigenvalue weighted by Crippen LogP contribution is 2.55. The molecule has 2 aromatic carbocycles. The van der Waals surface area contributed by atoms with E-state index >= 15 is 0 Å². The van der Waals surface area contributed by atoms with E-state index in [1.54, 1.807) is 0 Å². The Morgan fingerprint density at radius 1 is 1.08 bits per heavy atom. The number of aliphatic hydroxyl groups is 4. The second kappa shape index (κ2) is 7.87. The van der Waals surface area contributed by atoms with Crippen molar-refractivity contribution in [3.8, 4) is 5.75 Å². The van der Waals surface area contributed by atoms with Crippen LogP contribution >= 0.6 is 0 Å². The fraction of sp³-hybridized carbons (Fsp3) is 0.192. The van der Waals surface area contributed by atoms with Crippen LogP contribution in [0.25, 0.3) is 11.6 Å². The van der Waals surface area contributed by atoms with Gasteiger partial charge in [0.25, 0.3) is 5.91 Å². The molecule has 2 aromatic rings. The zero-order valence-corrected chi connectivity index (χ0v) is 18.5. The summed E-state index contributed by atoms with van der Waals surface area (Å²) in [5.74, 6) is -9.43. The number of carbonyl (C=O) groups is 3. The monoisotopic (exact) mass is 493 g/mol. The highest BCUT2D eigenvalue weighted by atomic mass is 19.1. The Hall–Kier alpha value is -4.28. The van der Waals surface area contributed by atoms with E-state index in [-0.39, 0.29) is 16.7 Å². The SMILES string of the molecule is NC(=O)C1=C(O)C[C@@H]2[C@@H](O)[C@H]3C(=C(O)[C@]2(O)C1=O)C(=O)c1c(O)cccc1/C3=C\c1ccc(F)cc1. The second-order valence-corrected chi connectivity index (χ2v) is 9.00. The number of hydrogen-bond acceptors (Lipinski definition) is 8. The van der Waals surface area contributed by atoms with Crippen LogP contribution in [0.4, 0.5) is 4.39 Å². The first-order valence-electron chi connectivity index (χ1n) is 10.9. The van der Waals surface area contributed by atoms with Gasteiger partial charge in [-0.1, -0.05) is 30.3 Å². The number of aliphatic hydroxyl groups excluding tert-OH is 3. The molecule has 9 nitrogen and oxygen atoms in total. The number of phenols is 1. The highest BCUT2D eigenvalue weighted by molar-refractivity contribution is 6.25. The van der Waals surface area contributed by atoms with Gasteiger partial charge in [0.2, 0.25) is 5.78 Å². The Bertz CT molecular complexity index is 1450. The van der Waals surface area contributed by atoms with Gasteiger partial charge < -0.3 is 31.3 Å². The molecule has 10 heteroatoms. The molecule has 0 aromatic heterocycles. The van der Waals surface area contributed by atoms with Crippen LogP contribution in [0.3, 0.4) is 0 Å². The van der Waals surface area contributed by atoms with Gasteiger partial charge in [-0.25, -0.2) is 4.39 Å². The van der Waals surface area contributed by atoms with Crippen molar-refractivity contribution in [1.29, 1.82) is 0 Å². The van der Waals surface area contributed by atoms with Crippen LogP contribution in [0.5, 0.6) is 5.75 Å². The minimum absolute atomic E-state index is 0.218. The summed E-state index contributed by atoms with van der Waals surface area (Å²) >= 11 is 0. The van der Waals surface area contributed by atoms with Crippen molar-refractivity contribution < 1.29 is 44.3 Å². The zero-order valence-electron chi connectivity index (χ0n) is 18.5. The summed E-state index contributed by atoms with van der Waals surface area (Å²) in [5.41, 5.74) is 1.43. The molecule has 0 spiro atoms. The summed E-state index contributed by atoms with van der Waals surface area (Å²) in [6.45, 7) is 0. The number of carbonyl (C=O) groups excluding carboxylic acids is 3. The molecule has 0 radical (unpaired) electrons. The maximum absolute atomic E-state index is 13.5. The van der Waals surface area contributed by atoms with Gasteiger partial charge in [-0.15, -0.1) is 0 Å². The Kier molecular flexibility index (Phi) is 5.13. The molecule has 0 unspecified atom stereocenters. The largest absolute Gasteiger partial charge is 0.511 e. The van der Waals surface area contributed by atoms with E-state index in [1.165, 1.54) is 48.5 Å². The lowest BCUT2D eigenvalue weighted by molar-refractivity contribution is -0.152. The number of ketones is 2. The molecule has 0 fully saturated rings. The molecule has 0 saturated carbocycles. The Labute approximate surface area is 202 Å². The number of Topliss-reactive ketones (excluding diaryl/α,β-unsaturated/α-hetero) is 2. The molecule has 3 aliphatic rings. The summed E-state index contributed by atoms with van der Waals surface area (Å²) in [6, 6.07) is 9.49. The maximum atomic E-state index is 13.5. The predicted molar refractivity (Wildman–Crippen MR) is 123 cm³/mol. The van der Waals surface area contributed by atoms with Gasteiger partial charge in [-0.05, 0) is 34.9 Å². The van der Waals surface area contributed by atoms with E-state index in [0.29, 0.717) is 5.56 Å². The molecular weight excluding hydrogens is 473 g/mol. The number of nitrogens with two attached hydrogens (primary N) is 1. The average molecular weight is 493 g/mol. The molecule has 5 rings (SSSR count). The van der Waals surface area contributed by atoms with Gasteiger partial charge in [0, 0.05) is 18.3 Å². The number of benzene rings is 2. The number of amides is 1. The number of rotatable bonds is 2. The van der Waals surface area contributed by atoms with Crippen LogP contribution in [0.1, 0.15) is 27.9 Å². The molecule has 4 atom stereocenters. The van der Waals surface area contributed by atoms with Crippen LogP contribution in [-0.4, -0.2) is 54.7 Å². The van der Waals surface area contributed by atoms with E-state index in [4.69, 9.17) is 5.73 Å². The molecule has 184 valence electrons. The topological polar surface area (TPSA) is 178 Å². The number of halogens is 1. The predicted octanol–water partition coefficient (Wildman–Crippen LogP) is 1.69. The summed E-state index contributed by atoms with van der Waals surface area (Å²) in [4.78, 5) is 38.4. The van der Waals surface area contributed by atoms with Crippen molar-refractivity contribution in [3.63, 3.8) is 0 Å². The van der Waals surface area contributed by atoms with Crippen molar-refractivity contribution >= 4 is 29.1 Å². The van der Waals surface area contributed by atoms with Gasteiger partial charge in [0.15, 0.2) is 11.4 Å². The van der Waals surface area contributed by atoms with E-state index < -0.39 is 81.7 Å². The van der Waals surface area contributed by atoms with Crippen LogP contribution < -0.4 is 5.73 Å². The number of aromatic hydroxyl groups is 1. The molecule has 0 bridgehead atoms. The van der Waals surface area contributed by atoms with Gasteiger partial charge in [-0.3, -0.25) is 14.4 Å². The van der Waals surface area contributed by atoms with E-state index in [1.807, 2.05) is 0 Å². The van der Waals surface area contributed by atoms with Gasteiger partial charge in [0.05, 0.1) is 17.2 Å². The van der Waals surface area contributed by atoms with E-state index in [0.717, 1.165) is 0 Å². The Morgan fingerprint density at radius 2 is 1.75 bits per heavy atom. The zero-order chi connectivity index (χ0) is 26.1. The first-order valence-corrected chi connectivity index (χ1v) is 10.9. The minimum atomic E-state index is -2.93. The number of allylic oxidation sites excluding steroid dienone is 1. The number of phenolic OH excluding ortho intramolecular Hbond substituents is 1. The molecule has 3 aliphatic carbocycles. The van der Waals surface area contributed by atoms with E-state index in [9.17, 15) is 44.3 Å². The van der Waals surface area contributed by atoms with Crippen LogP contribution in [0, 0.1) is 17.7 Å². The van der Waals surface area contributed by atoms with Crippen molar-refractivity contribution in [2.24, 2.45) is 17.6 Å². The quantitative estimate of drug-likeness (QED) is 0.342. The second-order valence-electron chi connectivity index (χ2n) is 9.00. The van der Waals surface area contributed by atoms with Gasteiger partial charge in [-0.2, -0.15) is 0 Å². The molecule has 0 aliphatic heterocycles. The lowest BCUT2D eigenvalue weighted by Crippen LogP contribution is -2.62. The standard InChI is InChI=1S/C26H20FNO8/c27-11-6-4-10(5-7-11)8-13-12-2-1-3-15(29)17(12)22(32)20-18(13)21(31)14-9-16(30)19(25(28)35)23(33)26(14,36)24(20)34/h1-8,14,18,21,29-31,34,36H,9H2,(H2,28,35)/b13-8+/t14-,18-,21-,26-/m1/s1. The fourth-order valence-corrected chi connectivity index (χ4v) is 5.42. The normalized spacial score (nSPS) is 28.6. The molecule has 7 N–H and O–H groups in total. The van der Waals surface area contributed by atoms with Crippen LogP contribution in [-0.2, 0) is 9.59 Å². The highest BCUT2D eigenvalue weighted by Gasteiger charge is 2.63. The molecule has 0 saturated heterocycles. The lowest BCUT2D eigenvalue weighted by Gasteiger charge is -2.49. The Balaban J connectivity index is 1.82. The summed E-state index contributed by atoms with van der Waals surface area (Å²) in [5, 5.41) is 54.8. The van der Waals surface area contributed by atoms with Crippen molar-refractivity contribution in [2.75, 3.05) is 0 Å². The smallest absolute Gasteiger partial charge is 0.255 e. The fourth-order valence-electron chi connectivity index (χ4n) is 5.42. The minimum Gasteiger partial charge on any atom is -0.511 e. The Morgan fingerprint density at radius 3 is 2.39 bits per heavy atom. The number of fused-ring (bicyclic) bond motifs is 3. The van der Waals surface area contributed by atoms with Crippen molar-refractivity contribution in [1.82, 2.24) is 0 Å². The lowest BCUT2D eigenvalue weighted by atomic mass is 9.57. The van der Waals surface area contributed by atoms with Gasteiger partial charge in [0.1, 0.15) is 28.7 Å². The average Bonchev–Trinajstić information content (AvgIpc) is 2.82. The summed E-state index contributed by atoms with van der Waals surface area (Å²) in [6.07, 6.45) is -0.793. The van der Waals surface area contributed by atoms with Crippen molar-refractivity contribution in [2.45, 2.75) is 18.1 Å². The third kappa shape index (κ3) is 3.05. The van der Waals surface area contributed by atoms with Gasteiger partial charge >= 0.3 is 0 Å². The molecule has 1 amide bonds. The van der Waals surface area contributed by atoms with E-state index in [2.05, 4.69) is 0 Å². The molecular formula is C26H20FNO8. The van der Waals surface area contributed by atoms with Crippen LogP contribution in [0.2, 0.25) is 0 Å². The molecule has 0 heterocycles. The van der Waals surface area contributed by atoms with Crippen molar-refractivity contribution in [3.05, 3.63) is 87.6 Å². The summed E-state index contributed by atoms with van der Waals surface area (Å²) in [7, 11) is 0. The first kappa shape index (κ1) is 23.5. The third-order valence-corrected chi connectivity index (χ3v) is 7.09. The third-order valence-electron chi connectivity index (χ3n) is 7.09. The number of primary amides is 1. The number of hydrogen-bond donors (Lipinski definition) is 6. The summed E-state index contributed by atoms with van der Waals surface area (Å²) < 4.78 is 13.5. The first-order chi connectivity index (χ1) is 17.0. The van der Waals surface area contributed by atoms with Crippen LogP contribution in [0.15, 0.2) is 65.1 Å². The maximum Gasteiger partial charge on any atom is 0.255 e. The molecule has 36 heavy (non-hydrogen) atoms.